The van der Waals surface area contributed by atoms with Crippen molar-refractivity contribution in [1.82, 2.24) is 0 Å². The first kappa shape index (κ1) is 20.8. The molecule has 0 spiro atoms. The molecule has 1 aliphatic carbocycles. The summed E-state index contributed by atoms with van der Waals surface area (Å²) >= 11 is 0. The summed E-state index contributed by atoms with van der Waals surface area (Å²) in [7, 11) is 0. The maximum atomic E-state index is 12.4. The van der Waals surface area contributed by atoms with Crippen LogP contribution in [0.15, 0.2) is 72.8 Å². The number of esters is 1. The number of ether oxygens (including phenoxy) is 1. The third kappa shape index (κ3) is 4.52. The Kier molecular flexibility index (Phi) is 6.14. The molecule has 5 nitrogen and oxygen atoms in total. The molecule has 1 amide bonds. The smallest absolute Gasteiger partial charge is 0.306 e. The molecule has 3 aromatic carbocycles. The van der Waals surface area contributed by atoms with Gasteiger partial charge in [-0.1, -0.05) is 67.6 Å². The Morgan fingerprint density at radius 2 is 1.52 bits per heavy atom. The van der Waals surface area contributed by atoms with Gasteiger partial charge in [0.2, 0.25) is 5.91 Å². The Morgan fingerprint density at radius 1 is 0.935 bits per heavy atom. The van der Waals surface area contributed by atoms with Crippen LogP contribution in [-0.2, 0) is 20.9 Å². The van der Waals surface area contributed by atoms with E-state index in [0.29, 0.717) is 5.69 Å². The molecule has 4 rings (SSSR count). The molecule has 0 aromatic heterocycles. The van der Waals surface area contributed by atoms with Gasteiger partial charge in [0.25, 0.3) is 0 Å². The van der Waals surface area contributed by atoms with Gasteiger partial charge in [0.05, 0.1) is 13.0 Å². The van der Waals surface area contributed by atoms with E-state index >= 15 is 0 Å². The molecule has 31 heavy (non-hydrogen) atoms. The van der Waals surface area contributed by atoms with E-state index in [9.17, 15) is 9.59 Å². The Morgan fingerprint density at radius 3 is 2.10 bits per heavy atom. The van der Waals surface area contributed by atoms with Crippen molar-refractivity contribution in [2.45, 2.75) is 25.9 Å². The molecule has 0 aliphatic heterocycles. The lowest BCUT2D eigenvalue weighted by molar-refractivity contribution is -0.146. The summed E-state index contributed by atoms with van der Waals surface area (Å²) in [5.41, 5.74) is 6.08. The summed E-state index contributed by atoms with van der Waals surface area (Å²) in [4.78, 5) is 24.9. The highest BCUT2D eigenvalue weighted by atomic mass is 16.5. The van der Waals surface area contributed by atoms with Crippen molar-refractivity contribution < 1.29 is 19.4 Å². The molecule has 0 saturated heterocycles. The number of hydrogen-bond acceptors (Lipinski definition) is 4. The van der Waals surface area contributed by atoms with Crippen LogP contribution in [0.1, 0.15) is 36.0 Å². The normalized spacial score (nSPS) is 13.2. The van der Waals surface area contributed by atoms with Crippen LogP contribution >= 0.6 is 0 Å². The van der Waals surface area contributed by atoms with E-state index in [1.54, 1.807) is 31.2 Å². The van der Waals surface area contributed by atoms with E-state index in [0.717, 1.165) is 16.7 Å². The number of aliphatic hydroxyl groups is 1. The largest absolute Gasteiger partial charge is 0.465 e. The fourth-order valence-corrected chi connectivity index (χ4v) is 3.98. The van der Waals surface area contributed by atoms with Gasteiger partial charge in [-0.3, -0.25) is 9.59 Å². The summed E-state index contributed by atoms with van der Waals surface area (Å²) in [6.07, 6.45) is 0.0105. The molecule has 3 aromatic rings. The molecule has 0 bridgehead atoms. The molecule has 2 N–H and O–H groups in total. The fourth-order valence-electron chi connectivity index (χ4n) is 3.98. The number of rotatable bonds is 7. The van der Waals surface area contributed by atoms with E-state index in [-0.39, 0.29) is 37.4 Å². The molecule has 1 aliphatic rings. The Labute approximate surface area is 181 Å². The summed E-state index contributed by atoms with van der Waals surface area (Å²) in [5.74, 6) is -1.15. The molecule has 1 atom stereocenters. The quantitative estimate of drug-likeness (QED) is 0.557. The van der Waals surface area contributed by atoms with Crippen molar-refractivity contribution in [2.75, 3.05) is 11.9 Å². The molecule has 0 heterocycles. The highest BCUT2D eigenvalue weighted by molar-refractivity contribution is 5.94. The summed E-state index contributed by atoms with van der Waals surface area (Å²) in [6.45, 7) is 1.91. The van der Waals surface area contributed by atoms with E-state index in [4.69, 9.17) is 9.84 Å². The Bertz CT molecular complexity index is 1050. The number of aliphatic hydroxyl groups excluding tert-OH is 1. The summed E-state index contributed by atoms with van der Waals surface area (Å²) in [5, 5.41) is 11.9. The number of benzene rings is 3. The van der Waals surface area contributed by atoms with Crippen LogP contribution in [0.4, 0.5) is 5.69 Å². The van der Waals surface area contributed by atoms with Gasteiger partial charge in [-0.15, -0.1) is 0 Å². The maximum absolute atomic E-state index is 12.4. The topological polar surface area (TPSA) is 75.6 Å². The zero-order valence-electron chi connectivity index (χ0n) is 17.4. The average molecular weight is 415 g/mol. The molecule has 0 saturated carbocycles. The second-order valence-corrected chi connectivity index (χ2v) is 7.86. The zero-order chi connectivity index (χ0) is 21.8. The number of fused-ring (bicyclic) bond motifs is 3. The second kappa shape index (κ2) is 9.14. The SMILES string of the molecule is C[C@H](CC(=O)OCC1c2ccccc2-c2ccccc21)C(=O)Nc1ccc(CO)cc1. The molecule has 158 valence electrons. The first-order chi connectivity index (χ1) is 15.1. The van der Waals surface area contributed by atoms with Crippen LogP contribution in [0.3, 0.4) is 0 Å². The highest BCUT2D eigenvalue weighted by Crippen LogP contribution is 2.44. The monoisotopic (exact) mass is 415 g/mol. The lowest BCUT2D eigenvalue weighted by atomic mass is 9.98. The molecule has 0 unspecified atom stereocenters. The van der Waals surface area contributed by atoms with Crippen LogP contribution < -0.4 is 5.32 Å². The van der Waals surface area contributed by atoms with Gasteiger partial charge in [0.1, 0.15) is 6.61 Å². The fraction of sp³-hybridized carbons (Fsp3) is 0.231. The number of hydrogen-bond donors (Lipinski definition) is 2. The molecular weight excluding hydrogens is 390 g/mol. The van der Waals surface area contributed by atoms with Crippen LogP contribution in [0.25, 0.3) is 11.1 Å². The lowest BCUT2D eigenvalue weighted by Gasteiger charge is -2.16. The van der Waals surface area contributed by atoms with Crippen LogP contribution in [0.2, 0.25) is 0 Å². The second-order valence-electron chi connectivity index (χ2n) is 7.86. The van der Waals surface area contributed by atoms with E-state index in [1.807, 2.05) is 24.3 Å². The first-order valence-electron chi connectivity index (χ1n) is 10.4. The number of anilines is 1. The molecule has 0 radical (unpaired) electrons. The van der Waals surface area contributed by atoms with E-state index in [2.05, 4.69) is 29.6 Å². The van der Waals surface area contributed by atoms with Crippen molar-refractivity contribution in [3.8, 4) is 11.1 Å². The van der Waals surface area contributed by atoms with Crippen molar-refractivity contribution in [3.63, 3.8) is 0 Å². The molecule has 0 fully saturated rings. The van der Waals surface area contributed by atoms with Crippen molar-refractivity contribution >= 4 is 17.6 Å². The predicted octanol–water partition coefficient (Wildman–Crippen LogP) is 4.50. The highest BCUT2D eigenvalue weighted by Gasteiger charge is 2.29. The van der Waals surface area contributed by atoms with Crippen LogP contribution in [0.5, 0.6) is 0 Å². The van der Waals surface area contributed by atoms with Gasteiger partial charge in [0, 0.05) is 17.5 Å². The third-order valence-electron chi connectivity index (χ3n) is 5.70. The van der Waals surface area contributed by atoms with Crippen molar-refractivity contribution in [3.05, 3.63) is 89.5 Å². The van der Waals surface area contributed by atoms with E-state index in [1.165, 1.54) is 11.1 Å². The Balaban J connectivity index is 1.34. The van der Waals surface area contributed by atoms with Gasteiger partial charge in [-0.05, 0) is 39.9 Å². The Hall–Kier alpha value is -3.44. The lowest BCUT2D eigenvalue weighted by Crippen LogP contribution is -2.24. The summed E-state index contributed by atoms with van der Waals surface area (Å²) in [6, 6.07) is 23.3. The minimum atomic E-state index is -0.520. The molecule has 5 heteroatoms. The van der Waals surface area contributed by atoms with Crippen molar-refractivity contribution in [2.24, 2.45) is 5.92 Å². The minimum Gasteiger partial charge on any atom is -0.465 e. The minimum absolute atomic E-state index is 0.00511. The van der Waals surface area contributed by atoms with Crippen molar-refractivity contribution in [1.29, 1.82) is 0 Å². The van der Waals surface area contributed by atoms with Crippen LogP contribution in [-0.4, -0.2) is 23.6 Å². The zero-order valence-corrected chi connectivity index (χ0v) is 17.4. The van der Waals surface area contributed by atoms with Gasteiger partial charge in [0.15, 0.2) is 0 Å². The summed E-state index contributed by atoms with van der Waals surface area (Å²) < 4.78 is 5.59. The number of nitrogens with one attached hydrogen (secondary N) is 1. The number of carbonyl (C=O) groups excluding carboxylic acids is 2. The standard InChI is InChI=1S/C26H25NO4/c1-17(26(30)27-19-12-10-18(15-28)11-13-19)14-25(29)31-16-24-22-8-4-2-6-20(22)21-7-3-5-9-23(21)24/h2-13,17,24,28H,14-16H2,1H3,(H,27,30)/t17-/m1/s1. The maximum Gasteiger partial charge on any atom is 0.306 e. The number of carbonyl (C=O) groups is 2. The average Bonchev–Trinajstić information content (AvgIpc) is 3.12. The third-order valence-corrected chi connectivity index (χ3v) is 5.70. The van der Waals surface area contributed by atoms with Gasteiger partial charge < -0.3 is 15.2 Å². The van der Waals surface area contributed by atoms with Gasteiger partial charge in [-0.2, -0.15) is 0 Å². The molecular formula is C26H25NO4. The van der Waals surface area contributed by atoms with Crippen LogP contribution in [0, 0.1) is 5.92 Å². The number of amides is 1. The van der Waals surface area contributed by atoms with E-state index < -0.39 is 5.92 Å². The first-order valence-corrected chi connectivity index (χ1v) is 10.4. The van der Waals surface area contributed by atoms with Gasteiger partial charge in [-0.25, -0.2) is 0 Å². The predicted molar refractivity (Wildman–Crippen MR) is 119 cm³/mol. The van der Waals surface area contributed by atoms with Gasteiger partial charge >= 0.3 is 5.97 Å².